The number of hydrogen-bond donors (Lipinski definition) is 2. The molecule has 2 N–H and O–H groups in total. The number of hydrogen-bond acceptors (Lipinski definition) is 8. The molecule has 3 rings (SSSR count). The van der Waals surface area contributed by atoms with Crippen LogP contribution in [0.4, 0.5) is 8.78 Å². The highest BCUT2D eigenvalue weighted by molar-refractivity contribution is 7.89. The van der Waals surface area contributed by atoms with Gasteiger partial charge in [-0.15, -0.1) is 8.78 Å². The van der Waals surface area contributed by atoms with E-state index < -0.39 is 52.6 Å². The van der Waals surface area contributed by atoms with Crippen molar-refractivity contribution in [2.45, 2.75) is 63.9 Å². The first-order chi connectivity index (χ1) is 20.5. The number of aliphatic hydroxyl groups excluding tert-OH is 1. The van der Waals surface area contributed by atoms with Gasteiger partial charge in [-0.25, -0.2) is 13.4 Å². The summed E-state index contributed by atoms with van der Waals surface area (Å²) in [6.07, 6.45) is -5.23. The minimum Gasteiger partial charge on any atom is -0.395 e. The lowest BCUT2D eigenvalue weighted by Crippen LogP contribution is -2.60. The molecular weight excluding hydrogens is 598 g/mol. The van der Waals surface area contributed by atoms with Crippen molar-refractivity contribution in [1.82, 2.24) is 19.6 Å². The number of carbonyl (C=O) groups is 2. The minimum absolute atomic E-state index is 0.0311. The van der Waals surface area contributed by atoms with Crippen LogP contribution < -0.4 is 14.9 Å². The van der Waals surface area contributed by atoms with Crippen LogP contribution in [0.2, 0.25) is 0 Å². The fraction of sp³-hybridized carbons (Fsp3) is 0.533. The number of rotatable bonds is 14. The van der Waals surface area contributed by atoms with Crippen molar-refractivity contribution >= 4 is 21.8 Å². The predicted molar refractivity (Wildman–Crippen MR) is 159 cm³/mol. The van der Waals surface area contributed by atoms with Crippen LogP contribution in [-0.2, 0) is 26.0 Å². The minimum atomic E-state index is -4.36. The SMILES string of the molecule is CC(C)CC(=O)N(NC(=O)CN(C)C)C(Cc1ccccc1)[C@H](O)CN(CC(C)C)S(=O)(=O)c1ccc2c(c1)OC(F)(F)O2. The first-order valence-electron chi connectivity index (χ1n) is 14.4. The van der Waals surface area contributed by atoms with Gasteiger partial charge in [-0.2, -0.15) is 4.31 Å². The summed E-state index contributed by atoms with van der Waals surface area (Å²) >= 11 is 0. The molecule has 0 bridgehead atoms. The van der Waals surface area contributed by atoms with Crippen LogP contribution in [0.25, 0.3) is 0 Å². The van der Waals surface area contributed by atoms with Gasteiger partial charge in [0.15, 0.2) is 11.5 Å². The molecule has 1 aliphatic rings. The molecule has 0 radical (unpaired) electrons. The molecule has 244 valence electrons. The number of halogens is 2. The summed E-state index contributed by atoms with van der Waals surface area (Å²) in [5.74, 6) is -1.93. The van der Waals surface area contributed by atoms with Crippen LogP contribution in [0.5, 0.6) is 11.5 Å². The standard InChI is InChI=1S/C30H42F2N4O7S/c1-20(2)14-29(39)36(33-28(38)19-34(5)6)24(15-22-10-8-7-9-11-22)25(37)18-35(17-21(3)4)44(40,41)23-12-13-26-27(16-23)43-30(31,32)42-26/h7-13,16,20-21,24-25,37H,14-15,17-19H2,1-6H3,(H,33,38)/t24?,25-/m1/s1. The molecule has 2 aromatic rings. The second-order valence-electron chi connectivity index (χ2n) is 12.0. The van der Waals surface area contributed by atoms with Crippen LogP contribution in [0.3, 0.4) is 0 Å². The van der Waals surface area contributed by atoms with E-state index in [9.17, 15) is 31.9 Å². The maximum atomic E-state index is 13.9. The van der Waals surface area contributed by atoms with Gasteiger partial charge < -0.3 is 19.5 Å². The lowest BCUT2D eigenvalue weighted by molar-refractivity contribution is -0.286. The molecule has 0 spiro atoms. The highest BCUT2D eigenvalue weighted by Gasteiger charge is 2.44. The molecule has 2 atom stereocenters. The van der Waals surface area contributed by atoms with Crippen LogP contribution in [-0.4, -0.2) is 91.7 Å². The van der Waals surface area contributed by atoms with Crippen LogP contribution in [0.1, 0.15) is 39.7 Å². The molecule has 0 saturated carbocycles. The van der Waals surface area contributed by atoms with E-state index in [1.165, 1.54) is 0 Å². The molecule has 1 aliphatic heterocycles. The number of sulfonamides is 1. The maximum Gasteiger partial charge on any atom is 0.586 e. The quantitative estimate of drug-likeness (QED) is 0.302. The molecule has 0 saturated heterocycles. The number of carbonyl (C=O) groups excluding carboxylic acids is 2. The topological polar surface area (TPSA) is 129 Å². The van der Waals surface area contributed by atoms with E-state index in [0.717, 1.165) is 33.1 Å². The van der Waals surface area contributed by atoms with Gasteiger partial charge in [0, 0.05) is 25.6 Å². The van der Waals surface area contributed by atoms with Gasteiger partial charge in [0.05, 0.1) is 23.6 Å². The Bertz CT molecular complexity index is 1390. The van der Waals surface area contributed by atoms with E-state index in [1.54, 1.807) is 57.1 Å². The summed E-state index contributed by atoms with van der Waals surface area (Å²) in [6.45, 7) is 6.74. The molecular formula is C30H42F2N4O7S. The Hall–Kier alpha value is -3.33. The first kappa shape index (κ1) is 35.2. The number of likely N-dealkylation sites (N-methyl/N-ethyl adjacent to an activating group) is 1. The largest absolute Gasteiger partial charge is 0.586 e. The van der Waals surface area contributed by atoms with E-state index in [4.69, 9.17) is 0 Å². The first-order valence-corrected chi connectivity index (χ1v) is 15.8. The fourth-order valence-electron chi connectivity index (χ4n) is 4.74. The van der Waals surface area contributed by atoms with Crippen molar-refractivity contribution in [3.05, 3.63) is 54.1 Å². The normalized spacial score (nSPS) is 15.6. The maximum absolute atomic E-state index is 13.9. The molecule has 0 fully saturated rings. The van der Waals surface area contributed by atoms with Crippen molar-refractivity contribution in [3.8, 4) is 11.5 Å². The van der Waals surface area contributed by atoms with Crippen molar-refractivity contribution in [2.75, 3.05) is 33.7 Å². The Morgan fingerprint density at radius 2 is 1.59 bits per heavy atom. The summed E-state index contributed by atoms with van der Waals surface area (Å²) in [4.78, 5) is 27.7. The van der Waals surface area contributed by atoms with Gasteiger partial charge in [-0.05, 0) is 50.0 Å². The molecule has 0 aromatic heterocycles. The van der Waals surface area contributed by atoms with Gasteiger partial charge in [0.1, 0.15) is 0 Å². The highest BCUT2D eigenvalue weighted by atomic mass is 32.2. The molecule has 1 heterocycles. The Morgan fingerprint density at radius 1 is 0.955 bits per heavy atom. The molecule has 44 heavy (non-hydrogen) atoms. The van der Waals surface area contributed by atoms with Gasteiger partial charge in [-0.1, -0.05) is 58.0 Å². The van der Waals surface area contributed by atoms with E-state index in [2.05, 4.69) is 14.9 Å². The van der Waals surface area contributed by atoms with Gasteiger partial charge in [-0.3, -0.25) is 15.0 Å². The van der Waals surface area contributed by atoms with Crippen LogP contribution in [0, 0.1) is 11.8 Å². The predicted octanol–water partition coefficient (Wildman–Crippen LogP) is 3.09. The van der Waals surface area contributed by atoms with Gasteiger partial charge in [0.25, 0.3) is 5.91 Å². The number of hydrazine groups is 1. The zero-order valence-corrected chi connectivity index (χ0v) is 26.7. The number of ether oxygens (including phenoxy) is 2. The zero-order chi connectivity index (χ0) is 32.8. The monoisotopic (exact) mass is 640 g/mol. The second kappa shape index (κ2) is 14.6. The molecule has 2 amide bonds. The number of aliphatic hydroxyl groups is 1. The van der Waals surface area contributed by atoms with Gasteiger partial charge in [0.2, 0.25) is 15.9 Å². The Morgan fingerprint density at radius 3 is 2.18 bits per heavy atom. The molecule has 1 unspecified atom stereocenters. The van der Waals surface area contributed by atoms with Crippen LogP contribution in [0.15, 0.2) is 53.4 Å². The third kappa shape index (κ3) is 9.58. The summed E-state index contributed by atoms with van der Waals surface area (Å²) in [5.41, 5.74) is 3.39. The van der Waals surface area contributed by atoms with Crippen molar-refractivity contribution in [2.24, 2.45) is 11.8 Å². The fourth-order valence-corrected chi connectivity index (χ4v) is 6.37. The number of nitrogens with zero attached hydrogens (tertiary/aromatic N) is 3. The molecule has 0 aliphatic carbocycles. The summed E-state index contributed by atoms with van der Waals surface area (Å²) < 4.78 is 64.9. The van der Waals surface area contributed by atoms with Gasteiger partial charge >= 0.3 is 6.29 Å². The average Bonchev–Trinajstić information content (AvgIpc) is 3.22. The number of nitrogens with one attached hydrogen (secondary N) is 1. The summed E-state index contributed by atoms with van der Waals surface area (Å²) in [7, 11) is -0.972. The number of alkyl halides is 2. The Balaban J connectivity index is 2.01. The Kier molecular flexibility index (Phi) is 11.7. The third-order valence-electron chi connectivity index (χ3n) is 6.59. The molecule has 11 nitrogen and oxygen atoms in total. The number of benzene rings is 2. The average molecular weight is 641 g/mol. The summed E-state index contributed by atoms with van der Waals surface area (Å²) in [5, 5.41) is 12.8. The highest BCUT2D eigenvalue weighted by Crippen LogP contribution is 2.42. The van der Waals surface area contributed by atoms with E-state index in [-0.39, 0.29) is 48.4 Å². The number of fused-ring (bicyclic) bond motifs is 1. The molecule has 2 aromatic carbocycles. The third-order valence-corrected chi connectivity index (χ3v) is 8.42. The zero-order valence-electron chi connectivity index (χ0n) is 25.9. The van der Waals surface area contributed by atoms with E-state index >= 15 is 0 Å². The summed E-state index contributed by atoms with van der Waals surface area (Å²) in [6, 6.07) is 11.1. The molecule has 14 heteroatoms. The second-order valence-corrected chi connectivity index (χ2v) is 13.9. The van der Waals surface area contributed by atoms with Crippen LogP contribution >= 0.6 is 0 Å². The van der Waals surface area contributed by atoms with E-state index in [1.807, 2.05) is 19.9 Å². The van der Waals surface area contributed by atoms with Crippen molar-refractivity contribution in [1.29, 1.82) is 0 Å². The Labute approximate surface area is 257 Å². The lowest BCUT2D eigenvalue weighted by Gasteiger charge is -2.37. The number of amides is 2. The van der Waals surface area contributed by atoms with Crippen molar-refractivity contribution < 1.29 is 41.4 Å². The lowest BCUT2D eigenvalue weighted by atomic mass is 9.99. The van der Waals surface area contributed by atoms with E-state index in [0.29, 0.717) is 0 Å². The van der Waals surface area contributed by atoms with Crippen molar-refractivity contribution in [3.63, 3.8) is 0 Å². The smallest absolute Gasteiger partial charge is 0.395 e.